The van der Waals surface area contributed by atoms with Crippen molar-refractivity contribution in [3.63, 3.8) is 0 Å². The van der Waals surface area contributed by atoms with E-state index in [4.69, 9.17) is 5.73 Å². The molecule has 6 aliphatic rings. The Kier molecular flexibility index (Phi) is 14.3. The molecule has 2 aromatic carbocycles. The van der Waals surface area contributed by atoms with Crippen LogP contribution in [0.4, 0.5) is 20.2 Å². The quantitative estimate of drug-likeness (QED) is 0.110. The molecule has 3 fully saturated rings. The largest absolute Gasteiger partial charge is 0.404 e. The lowest BCUT2D eigenvalue weighted by molar-refractivity contribution is -0.136. The van der Waals surface area contributed by atoms with E-state index in [1.165, 1.54) is 25.4 Å². The lowest BCUT2D eigenvalue weighted by atomic mass is 9.91. The molecule has 8 rings (SSSR count). The molecule has 0 saturated carbocycles. The number of fused-ring (bicyclic) bond motifs is 2. The van der Waals surface area contributed by atoms with Crippen molar-refractivity contribution in [1.82, 2.24) is 30.2 Å². The van der Waals surface area contributed by atoms with E-state index in [2.05, 4.69) is 30.7 Å². The highest BCUT2D eigenvalue weighted by Gasteiger charge is 2.46. The van der Waals surface area contributed by atoms with Crippen molar-refractivity contribution in [3.05, 3.63) is 75.6 Å². The van der Waals surface area contributed by atoms with E-state index in [-0.39, 0.29) is 53.9 Å². The molecular formula is C48H61F2N11O5. The smallest absolute Gasteiger partial charge is 0.264 e. The highest BCUT2D eigenvalue weighted by atomic mass is 19.3. The summed E-state index contributed by atoms with van der Waals surface area (Å²) in [4.78, 5) is 77.2. The van der Waals surface area contributed by atoms with Gasteiger partial charge in [-0.2, -0.15) is 0 Å². The molecule has 2 aromatic rings. The molecule has 6 N–H and O–H groups in total. The number of allylic oxidation sites excluding steroid dienone is 1. The minimum atomic E-state index is -2.76. The number of piperidine rings is 3. The zero-order valence-electron chi connectivity index (χ0n) is 37.8. The molecule has 18 heteroatoms. The standard InChI is InChI=1S/C48H61F2N11O5/c1-29(62)59-20-14-38(37(28-59)45(52)60-15-4-5-31-23-35(32(25-51)27-53-2)36(44(49)50)24-41(31)60)55-33-12-18-58(19-13-33)22-21-57-16-10-30(11-17-57)26-54-39-7-3-6-34-43(39)48(66)61(47(34)65)40-8-9-42(63)56-46(40)64/h3,6-7,23-25,27,30,33,40,44,52,54-55H,4-5,8-22,26,28,51H2,1-2H3,(H,56,63,64). The molecule has 5 amide bonds. The zero-order valence-corrected chi connectivity index (χ0v) is 37.8. The maximum absolute atomic E-state index is 14.6. The van der Waals surface area contributed by atoms with E-state index in [1.807, 2.05) is 4.90 Å². The summed E-state index contributed by atoms with van der Waals surface area (Å²) in [5, 5.41) is 19.0. The highest BCUT2D eigenvalue weighted by molar-refractivity contribution is 6.25. The number of amidine groups is 1. The van der Waals surface area contributed by atoms with Gasteiger partial charge in [-0.25, -0.2) is 8.78 Å². The second kappa shape index (κ2) is 20.2. The molecule has 16 nitrogen and oxygen atoms in total. The van der Waals surface area contributed by atoms with Gasteiger partial charge in [0.2, 0.25) is 17.7 Å². The molecule has 0 radical (unpaired) electrons. The van der Waals surface area contributed by atoms with Gasteiger partial charge in [0.15, 0.2) is 0 Å². The average molecular weight is 910 g/mol. The minimum absolute atomic E-state index is 0.0657. The highest BCUT2D eigenvalue weighted by Crippen LogP contribution is 2.38. The molecule has 0 spiro atoms. The number of benzene rings is 2. The molecule has 0 aliphatic carbocycles. The van der Waals surface area contributed by atoms with Gasteiger partial charge < -0.3 is 36.0 Å². The van der Waals surface area contributed by atoms with Gasteiger partial charge in [-0.05, 0) is 99.3 Å². The molecule has 6 heterocycles. The number of halogens is 2. The van der Waals surface area contributed by atoms with Gasteiger partial charge >= 0.3 is 0 Å². The summed E-state index contributed by atoms with van der Waals surface area (Å²) in [5.74, 6) is -1.50. The van der Waals surface area contributed by atoms with Crippen LogP contribution in [-0.4, -0.2) is 146 Å². The van der Waals surface area contributed by atoms with Gasteiger partial charge in [-0.15, -0.1) is 0 Å². The van der Waals surface area contributed by atoms with Crippen LogP contribution in [0.3, 0.4) is 0 Å². The maximum Gasteiger partial charge on any atom is 0.264 e. The summed E-state index contributed by atoms with van der Waals surface area (Å²) < 4.78 is 29.1. The number of aryl methyl sites for hydroxylation is 1. The number of likely N-dealkylation sites (tertiary alicyclic amines) is 2. The zero-order chi connectivity index (χ0) is 46.6. The number of alkyl halides is 2. The van der Waals surface area contributed by atoms with Crippen LogP contribution in [-0.2, 0) is 20.8 Å². The minimum Gasteiger partial charge on any atom is -0.404 e. The topological polar surface area (TPSA) is 200 Å². The number of carbonyl (C=O) groups is 5. The number of aliphatic imine (C=N–C) groups is 1. The average Bonchev–Trinajstić information content (AvgIpc) is 3.57. The third kappa shape index (κ3) is 9.75. The van der Waals surface area contributed by atoms with Crippen LogP contribution >= 0.6 is 0 Å². The molecular weight excluding hydrogens is 849 g/mol. The van der Waals surface area contributed by atoms with Crippen LogP contribution < -0.4 is 26.6 Å². The van der Waals surface area contributed by atoms with E-state index in [0.29, 0.717) is 60.9 Å². The second-order valence-corrected chi connectivity index (χ2v) is 18.2. The number of rotatable bonds is 13. The first kappa shape index (κ1) is 46.5. The summed E-state index contributed by atoms with van der Waals surface area (Å²) >= 11 is 0. The van der Waals surface area contributed by atoms with Crippen LogP contribution in [0.5, 0.6) is 0 Å². The van der Waals surface area contributed by atoms with E-state index in [0.717, 1.165) is 93.1 Å². The van der Waals surface area contributed by atoms with E-state index in [9.17, 15) is 38.2 Å². The van der Waals surface area contributed by atoms with Crippen molar-refractivity contribution in [2.45, 2.75) is 83.2 Å². The van der Waals surface area contributed by atoms with Crippen molar-refractivity contribution >= 4 is 58.5 Å². The van der Waals surface area contributed by atoms with Gasteiger partial charge in [0.1, 0.15) is 11.9 Å². The van der Waals surface area contributed by atoms with E-state index >= 15 is 0 Å². The molecule has 66 heavy (non-hydrogen) atoms. The fraction of sp³-hybridized carbons (Fsp3) is 0.521. The van der Waals surface area contributed by atoms with Crippen LogP contribution in [0, 0.1) is 11.3 Å². The first-order valence-electron chi connectivity index (χ1n) is 23.3. The maximum atomic E-state index is 14.6. The van der Waals surface area contributed by atoms with Crippen LogP contribution in [0.25, 0.3) is 5.57 Å². The lowest BCUT2D eigenvalue weighted by Gasteiger charge is -2.39. The predicted molar refractivity (Wildman–Crippen MR) is 249 cm³/mol. The third-order valence-corrected chi connectivity index (χ3v) is 14.2. The first-order chi connectivity index (χ1) is 31.8. The summed E-state index contributed by atoms with van der Waals surface area (Å²) in [6, 6.07) is 7.60. The monoisotopic (exact) mass is 909 g/mol. The Balaban J connectivity index is 0.830. The van der Waals surface area contributed by atoms with E-state index in [1.54, 1.807) is 36.2 Å². The van der Waals surface area contributed by atoms with Crippen LogP contribution in [0.15, 0.2) is 52.8 Å². The predicted octanol–water partition coefficient (Wildman–Crippen LogP) is 4.14. The number of nitrogens with two attached hydrogens (primary N) is 1. The van der Waals surface area contributed by atoms with E-state index < -0.39 is 36.1 Å². The van der Waals surface area contributed by atoms with Crippen molar-refractivity contribution in [2.75, 3.05) is 82.7 Å². The normalized spacial score (nSPS) is 21.8. The number of hydrogen-bond donors (Lipinski definition) is 5. The van der Waals surface area contributed by atoms with Gasteiger partial charge in [-0.3, -0.25) is 44.6 Å². The lowest BCUT2D eigenvalue weighted by Crippen LogP contribution is -2.54. The molecule has 352 valence electrons. The molecule has 1 atom stereocenters. The third-order valence-electron chi connectivity index (χ3n) is 14.2. The number of anilines is 2. The fourth-order valence-corrected chi connectivity index (χ4v) is 10.4. The number of nitrogens with zero attached hydrogens (tertiary/aromatic N) is 6. The molecule has 1 unspecified atom stereocenters. The Labute approximate surface area is 384 Å². The van der Waals surface area contributed by atoms with Crippen molar-refractivity contribution < 1.29 is 32.8 Å². The van der Waals surface area contributed by atoms with Crippen LogP contribution in [0.1, 0.15) is 102 Å². The molecule has 0 bridgehead atoms. The number of hydrogen-bond acceptors (Lipinski definition) is 12. The molecule has 0 aromatic heterocycles. The van der Waals surface area contributed by atoms with Crippen molar-refractivity contribution in [3.8, 4) is 0 Å². The van der Waals surface area contributed by atoms with Crippen molar-refractivity contribution in [2.24, 2.45) is 16.6 Å². The summed E-state index contributed by atoms with van der Waals surface area (Å²) in [7, 11) is 1.57. The number of nitrogens with one attached hydrogen (secondary N) is 4. The Hall–Kier alpha value is -6.01. The number of amides is 5. The number of carbonyl (C=O) groups excluding carboxylic acids is 5. The molecule has 3 saturated heterocycles. The summed E-state index contributed by atoms with van der Waals surface area (Å²) in [6.45, 7) is 9.24. The fourth-order valence-electron chi connectivity index (χ4n) is 10.4. The number of imide groups is 2. The first-order valence-corrected chi connectivity index (χ1v) is 23.3. The Morgan fingerprint density at radius 1 is 0.955 bits per heavy atom. The Bertz CT molecular complexity index is 2350. The van der Waals surface area contributed by atoms with Gasteiger partial charge in [-0.1, -0.05) is 6.07 Å². The van der Waals surface area contributed by atoms with Gasteiger partial charge in [0.25, 0.3) is 18.2 Å². The summed E-state index contributed by atoms with van der Waals surface area (Å²) in [6.07, 6.45) is 6.06. The summed E-state index contributed by atoms with van der Waals surface area (Å²) in [5.41, 5.74) is 10.7. The van der Waals surface area contributed by atoms with Crippen LogP contribution in [0.2, 0.25) is 0 Å². The SMILES string of the molecule is CN=CC(=CN)c1cc2c(cc1C(F)F)N(C(=N)C1=C(NC3CCN(CCN4CCC(CNc5cccc6c5C(=O)N(C5CCC(=O)NC5=O)C6=O)CC4)CC3)CCN(C(C)=O)C1)CCC2. The Morgan fingerprint density at radius 3 is 2.35 bits per heavy atom. The van der Waals surface area contributed by atoms with Gasteiger partial charge in [0.05, 0.1) is 17.7 Å². The molecule has 6 aliphatic heterocycles. The van der Waals surface area contributed by atoms with Gasteiger partial charge in [0, 0.05) is 125 Å². The van der Waals surface area contributed by atoms with Crippen molar-refractivity contribution in [1.29, 1.82) is 5.41 Å². The second-order valence-electron chi connectivity index (χ2n) is 18.2. The Morgan fingerprint density at radius 2 is 1.68 bits per heavy atom.